The highest BCUT2D eigenvalue weighted by Crippen LogP contribution is 2.51. The van der Waals surface area contributed by atoms with Crippen LogP contribution in [0.3, 0.4) is 0 Å². The van der Waals surface area contributed by atoms with E-state index >= 15 is 0 Å². The first-order valence-electron chi connectivity index (χ1n) is 6.59. The van der Waals surface area contributed by atoms with Crippen LogP contribution >= 0.6 is 11.6 Å². The summed E-state index contributed by atoms with van der Waals surface area (Å²) in [7, 11) is 0. The molecule has 0 saturated heterocycles. The molecule has 3 nitrogen and oxygen atoms in total. The average molecular weight is 281 g/mol. The molecule has 3 rings (SSSR count). The van der Waals surface area contributed by atoms with Crippen molar-refractivity contribution >= 4 is 17.6 Å². The molecule has 1 aromatic rings. The monoisotopic (exact) mass is 280 g/mol. The van der Waals surface area contributed by atoms with Gasteiger partial charge in [0.05, 0.1) is 5.41 Å². The lowest BCUT2D eigenvalue weighted by atomic mass is 9.64. The van der Waals surface area contributed by atoms with Crippen molar-refractivity contribution in [1.29, 1.82) is 0 Å². The maximum atomic E-state index is 11.7. The maximum absolute atomic E-state index is 11.7. The molecule has 1 saturated carbocycles. The zero-order valence-electron chi connectivity index (χ0n) is 11.1. The van der Waals surface area contributed by atoms with Gasteiger partial charge >= 0.3 is 5.97 Å². The summed E-state index contributed by atoms with van der Waals surface area (Å²) in [5.74, 6) is -0.0203. The van der Waals surface area contributed by atoms with Gasteiger partial charge in [0.1, 0.15) is 11.4 Å². The van der Waals surface area contributed by atoms with Gasteiger partial charge in [-0.15, -0.1) is 0 Å². The Bertz CT molecular complexity index is 559. The molecule has 0 atom stereocenters. The van der Waals surface area contributed by atoms with E-state index in [1.807, 2.05) is 19.9 Å². The molecule has 4 heteroatoms. The first kappa shape index (κ1) is 12.8. The third kappa shape index (κ3) is 1.83. The van der Waals surface area contributed by atoms with Crippen LogP contribution in [0.25, 0.3) is 0 Å². The Morgan fingerprint density at radius 3 is 2.58 bits per heavy atom. The number of carboxylic acid groups (broad SMARTS) is 1. The van der Waals surface area contributed by atoms with Crippen molar-refractivity contribution < 1.29 is 14.6 Å². The molecule has 1 N–H and O–H groups in total. The van der Waals surface area contributed by atoms with Crippen LogP contribution in [0.2, 0.25) is 5.02 Å². The van der Waals surface area contributed by atoms with Crippen LogP contribution in [0.4, 0.5) is 0 Å². The third-order valence-electron chi connectivity index (χ3n) is 4.26. The van der Waals surface area contributed by atoms with E-state index in [9.17, 15) is 9.90 Å². The van der Waals surface area contributed by atoms with Crippen molar-refractivity contribution in [2.24, 2.45) is 0 Å². The minimum atomic E-state index is -0.796. The molecule has 1 heterocycles. The molecule has 2 aliphatic rings. The predicted molar refractivity (Wildman–Crippen MR) is 73.0 cm³/mol. The van der Waals surface area contributed by atoms with Crippen LogP contribution < -0.4 is 4.74 Å². The standard InChI is InChI=1S/C15H17ClO3/c1-14(2)8-9-6-10(16)7-11(12(9)19-14)15(13(17)18)4-3-5-15/h6-7H,3-5,8H2,1-2H3,(H,17,18). The number of hydrogen-bond acceptors (Lipinski definition) is 2. The fraction of sp³-hybridized carbons (Fsp3) is 0.533. The van der Waals surface area contributed by atoms with Gasteiger partial charge in [-0.2, -0.15) is 0 Å². The Morgan fingerprint density at radius 2 is 2.05 bits per heavy atom. The lowest BCUT2D eigenvalue weighted by Gasteiger charge is -2.39. The molecule has 0 radical (unpaired) electrons. The van der Waals surface area contributed by atoms with E-state index in [4.69, 9.17) is 16.3 Å². The van der Waals surface area contributed by atoms with Crippen LogP contribution in [0.15, 0.2) is 12.1 Å². The maximum Gasteiger partial charge on any atom is 0.314 e. The molecule has 102 valence electrons. The summed E-state index contributed by atoms with van der Waals surface area (Å²) >= 11 is 6.16. The predicted octanol–water partition coefficient (Wildman–Crippen LogP) is 3.56. The second kappa shape index (κ2) is 3.89. The SMILES string of the molecule is CC1(C)Cc2cc(Cl)cc(C3(C(=O)O)CCC3)c2O1. The number of rotatable bonds is 2. The number of halogens is 1. The van der Waals surface area contributed by atoms with Gasteiger partial charge in [0, 0.05) is 17.0 Å². The number of carbonyl (C=O) groups is 1. The van der Waals surface area contributed by atoms with E-state index in [1.54, 1.807) is 6.07 Å². The van der Waals surface area contributed by atoms with Crippen LogP contribution in [0, 0.1) is 0 Å². The van der Waals surface area contributed by atoms with Crippen molar-refractivity contribution in [3.8, 4) is 5.75 Å². The zero-order chi connectivity index (χ0) is 13.8. The Morgan fingerprint density at radius 1 is 1.37 bits per heavy atom. The highest BCUT2D eigenvalue weighted by atomic mass is 35.5. The van der Waals surface area contributed by atoms with E-state index in [2.05, 4.69) is 0 Å². The summed E-state index contributed by atoms with van der Waals surface area (Å²) in [6, 6.07) is 3.67. The van der Waals surface area contributed by atoms with Gasteiger partial charge in [-0.1, -0.05) is 18.0 Å². The lowest BCUT2D eigenvalue weighted by Crippen LogP contribution is -2.42. The zero-order valence-corrected chi connectivity index (χ0v) is 11.9. The van der Waals surface area contributed by atoms with Crippen molar-refractivity contribution in [2.45, 2.75) is 50.5 Å². The van der Waals surface area contributed by atoms with E-state index in [0.29, 0.717) is 17.9 Å². The van der Waals surface area contributed by atoms with Crippen molar-refractivity contribution in [1.82, 2.24) is 0 Å². The van der Waals surface area contributed by atoms with E-state index in [1.165, 1.54) is 0 Å². The van der Waals surface area contributed by atoms with E-state index in [0.717, 1.165) is 29.7 Å². The topological polar surface area (TPSA) is 46.5 Å². The van der Waals surface area contributed by atoms with Crippen molar-refractivity contribution in [2.75, 3.05) is 0 Å². The molecule has 1 aliphatic carbocycles. The van der Waals surface area contributed by atoms with Crippen LogP contribution in [0.1, 0.15) is 44.2 Å². The van der Waals surface area contributed by atoms with Gasteiger partial charge in [0.15, 0.2) is 0 Å². The fourth-order valence-electron chi connectivity index (χ4n) is 3.16. The molecule has 1 fully saturated rings. The molecular formula is C15H17ClO3. The summed E-state index contributed by atoms with van der Waals surface area (Å²) in [5.41, 5.74) is 0.708. The second-order valence-electron chi connectivity index (χ2n) is 6.22. The Kier molecular flexibility index (Phi) is 2.62. The van der Waals surface area contributed by atoms with E-state index in [-0.39, 0.29) is 5.60 Å². The fourth-order valence-corrected chi connectivity index (χ4v) is 3.40. The average Bonchev–Trinajstić information content (AvgIpc) is 2.49. The number of aliphatic carboxylic acids is 1. The van der Waals surface area contributed by atoms with Gasteiger partial charge in [-0.25, -0.2) is 0 Å². The highest BCUT2D eigenvalue weighted by molar-refractivity contribution is 6.30. The number of hydrogen-bond donors (Lipinski definition) is 1. The van der Waals surface area contributed by atoms with Gasteiger partial charge in [0.2, 0.25) is 0 Å². The van der Waals surface area contributed by atoms with Gasteiger partial charge < -0.3 is 9.84 Å². The summed E-state index contributed by atoms with van der Waals surface area (Å²) in [5, 5.41) is 10.2. The van der Waals surface area contributed by atoms with E-state index < -0.39 is 11.4 Å². The summed E-state index contributed by atoms with van der Waals surface area (Å²) in [6.45, 7) is 4.03. The molecule has 0 spiro atoms. The first-order chi connectivity index (χ1) is 8.84. The Balaban J connectivity index is 2.16. The lowest BCUT2D eigenvalue weighted by molar-refractivity contribution is -0.147. The van der Waals surface area contributed by atoms with Crippen LogP contribution in [0.5, 0.6) is 5.75 Å². The Hall–Kier alpha value is -1.22. The second-order valence-corrected chi connectivity index (χ2v) is 6.66. The summed E-state index contributed by atoms with van der Waals surface area (Å²) < 4.78 is 5.99. The number of carboxylic acids is 1. The first-order valence-corrected chi connectivity index (χ1v) is 6.97. The quantitative estimate of drug-likeness (QED) is 0.901. The molecule has 0 aromatic heterocycles. The molecule has 1 aromatic carbocycles. The smallest absolute Gasteiger partial charge is 0.314 e. The largest absolute Gasteiger partial charge is 0.487 e. The van der Waals surface area contributed by atoms with Crippen LogP contribution in [-0.4, -0.2) is 16.7 Å². The van der Waals surface area contributed by atoms with Crippen molar-refractivity contribution in [3.63, 3.8) is 0 Å². The minimum Gasteiger partial charge on any atom is -0.487 e. The number of ether oxygens (including phenoxy) is 1. The molecule has 0 bridgehead atoms. The molecule has 1 aliphatic heterocycles. The Labute approximate surface area is 117 Å². The highest BCUT2D eigenvalue weighted by Gasteiger charge is 2.49. The molecule has 19 heavy (non-hydrogen) atoms. The number of benzene rings is 1. The molecule has 0 amide bonds. The van der Waals surface area contributed by atoms with Gasteiger partial charge in [-0.3, -0.25) is 4.79 Å². The number of fused-ring (bicyclic) bond motifs is 1. The molecule has 0 unspecified atom stereocenters. The normalized spacial score (nSPS) is 22.3. The van der Waals surface area contributed by atoms with Gasteiger partial charge in [0.25, 0.3) is 0 Å². The summed E-state index contributed by atoms with van der Waals surface area (Å²) in [6.07, 6.45) is 3.04. The third-order valence-corrected chi connectivity index (χ3v) is 4.48. The van der Waals surface area contributed by atoms with Crippen LogP contribution in [-0.2, 0) is 16.6 Å². The van der Waals surface area contributed by atoms with Crippen molar-refractivity contribution in [3.05, 3.63) is 28.3 Å². The molecular weight excluding hydrogens is 264 g/mol. The summed E-state index contributed by atoms with van der Waals surface area (Å²) in [4.78, 5) is 11.7. The van der Waals surface area contributed by atoms with Gasteiger partial charge in [-0.05, 0) is 44.4 Å². The minimum absolute atomic E-state index is 0.287.